The number of phosphoric ester groups is 1. The summed E-state index contributed by atoms with van der Waals surface area (Å²) in [5, 5.41) is 0.00429. The summed E-state index contributed by atoms with van der Waals surface area (Å²) in [4.78, 5) is 33.8. The minimum atomic E-state index is -5.27. The maximum absolute atomic E-state index is 11.1. The third kappa shape index (κ3) is 3.97. The molecule has 6 rings (SSSR count). The van der Waals surface area contributed by atoms with Gasteiger partial charge in [0.15, 0.2) is 5.60 Å². The van der Waals surface area contributed by atoms with E-state index in [-0.39, 0.29) is 87.3 Å². The van der Waals surface area contributed by atoms with E-state index in [1.54, 1.807) is 13.2 Å². The fourth-order valence-electron chi connectivity index (χ4n) is 6.52. The molecule has 1 saturated heterocycles. The molecule has 160 valence electrons. The van der Waals surface area contributed by atoms with E-state index in [0.29, 0.717) is 11.5 Å². The quantitative estimate of drug-likeness (QED) is 0.236. The topological polar surface area (TPSA) is 109 Å². The van der Waals surface area contributed by atoms with Crippen LogP contribution in [0.15, 0.2) is 18.2 Å². The van der Waals surface area contributed by atoms with Gasteiger partial charge in [-0.1, -0.05) is 17.7 Å². The zero-order valence-corrected chi connectivity index (χ0v) is 23.7. The molecule has 12 heteroatoms. The van der Waals surface area contributed by atoms with Gasteiger partial charge in [0.05, 0.1) is 10.6 Å². The Morgan fingerprint density at radius 1 is 1.06 bits per heavy atom. The molecule has 1 spiro atoms. The van der Waals surface area contributed by atoms with Crippen LogP contribution in [0.3, 0.4) is 0 Å². The Kier molecular flexibility index (Phi) is 7.87. The van der Waals surface area contributed by atoms with Crippen molar-refractivity contribution >= 4 is 19.4 Å². The standard InChI is InChI=1S/C19H24ClO8P.2Na/c1-24-17-8-11-5-13(9-17)18(14(6-11)10-17)19(25-2,28-27-18)12-3-4-15(20)16(7-12)26-29(21,22)23;;/h3-4,7,11,13-14H,5-6,8-10H2,1-2H3,(H2,21,22,23);;/q;2*+1/p-2/t11?,13-,14+,17?,18?,19?;;. The van der Waals surface area contributed by atoms with E-state index in [2.05, 4.69) is 4.52 Å². The minimum absolute atomic E-state index is 0. The van der Waals surface area contributed by atoms with E-state index in [9.17, 15) is 14.4 Å². The van der Waals surface area contributed by atoms with Gasteiger partial charge in [-0.3, -0.25) is 0 Å². The molecule has 1 aromatic rings. The summed E-state index contributed by atoms with van der Waals surface area (Å²) in [6.07, 6.45) is 4.73. The first-order valence-corrected chi connectivity index (χ1v) is 11.5. The van der Waals surface area contributed by atoms with Crippen LogP contribution in [-0.2, 0) is 29.6 Å². The predicted molar refractivity (Wildman–Crippen MR) is 96.6 cm³/mol. The molecule has 0 amide bonds. The van der Waals surface area contributed by atoms with E-state index < -0.39 is 19.2 Å². The molecule has 0 aromatic heterocycles. The summed E-state index contributed by atoms with van der Waals surface area (Å²) in [6, 6.07) is 4.53. The van der Waals surface area contributed by atoms with E-state index in [1.165, 1.54) is 19.2 Å². The molecule has 5 fully saturated rings. The second kappa shape index (κ2) is 9.07. The zero-order chi connectivity index (χ0) is 20.7. The van der Waals surface area contributed by atoms with Crippen LogP contribution in [0.1, 0.15) is 37.7 Å². The number of ether oxygens (including phenoxy) is 2. The minimum Gasteiger partial charge on any atom is -0.780 e. The van der Waals surface area contributed by atoms with Crippen LogP contribution in [0.2, 0.25) is 5.02 Å². The molecular formula is C19H22ClNa2O8P. The summed E-state index contributed by atoms with van der Waals surface area (Å²) in [6.45, 7) is 0. The van der Waals surface area contributed by atoms with Gasteiger partial charge in [-0.25, -0.2) is 4.89 Å². The van der Waals surface area contributed by atoms with Gasteiger partial charge < -0.3 is 28.3 Å². The van der Waals surface area contributed by atoms with Crippen LogP contribution < -0.4 is 73.4 Å². The second-order valence-corrected chi connectivity index (χ2v) is 10.2. The van der Waals surface area contributed by atoms with Gasteiger partial charge in [-0.2, -0.15) is 4.89 Å². The summed E-state index contributed by atoms with van der Waals surface area (Å²) < 4.78 is 27.5. The average molecular weight is 491 g/mol. The van der Waals surface area contributed by atoms with E-state index >= 15 is 0 Å². The number of phosphoric acid groups is 1. The van der Waals surface area contributed by atoms with Gasteiger partial charge in [-0.05, 0) is 50.2 Å². The predicted octanol–water partition coefficient (Wildman–Crippen LogP) is -3.72. The third-order valence-corrected chi connectivity index (χ3v) is 8.13. The number of hydrogen-bond donors (Lipinski definition) is 0. The third-order valence-electron chi connectivity index (χ3n) is 7.40. The van der Waals surface area contributed by atoms with Crippen molar-refractivity contribution in [2.75, 3.05) is 14.2 Å². The van der Waals surface area contributed by atoms with Crippen LogP contribution in [0.4, 0.5) is 0 Å². The Balaban J connectivity index is 0.00000136. The first-order valence-electron chi connectivity index (χ1n) is 9.66. The van der Waals surface area contributed by atoms with Gasteiger partial charge in [0, 0.05) is 31.6 Å². The molecule has 4 bridgehead atoms. The van der Waals surface area contributed by atoms with Crippen molar-refractivity contribution in [2.24, 2.45) is 17.8 Å². The molecule has 6 atom stereocenters. The molecule has 4 saturated carbocycles. The first kappa shape index (κ1) is 26.9. The smallest absolute Gasteiger partial charge is 0.780 e. The van der Waals surface area contributed by atoms with Crippen molar-refractivity contribution in [3.63, 3.8) is 0 Å². The first-order chi connectivity index (χ1) is 13.7. The number of methoxy groups -OCH3 is 2. The second-order valence-electron chi connectivity index (χ2n) is 8.69. The monoisotopic (exact) mass is 490 g/mol. The molecule has 5 aliphatic rings. The molecule has 8 nitrogen and oxygen atoms in total. The van der Waals surface area contributed by atoms with Gasteiger partial charge in [0.2, 0.25) is 0 Å². The zero-order valence-electron chi connectivity index (χ0n) is 18.1. The van der Waals surface area contributed by atoms with Gasteiger partial charge in [0.1, 0.15) is 13.6 Å². The molecule has 1 aliphatic heterocycles. The van der Waals surface area contributed by atoms with E-state index in [4.69, 9.17) is 30.8 Å². The maximum atomic E-state index is 11.1. The van der Waals surface area contributed by atoms with Gasteiger partial charge >= 0.3 is 59.1 Å². The molecule has 31 heavy (non-hydrogen) atoms. The number of rotatable bonds is 5. The fourth-order valence-corrected chi connectivity index (χ4v) is 7.12. The molecular weight excluding hydrogens is 469 g/mol. The Bertz CT molecular complexity index is 878. The Morgan fingerprint density at radius 3 is 2.19 bits per heavy atom. The van der Waals surface area contributed by atoms with Crippen molar-refractivity contribution in [1.82, 2.24) is 0 Å². The SMILES string of the molecule is COC12CC3C[C@H](C1)C1(OOC1(OC)c1ccc(Cl)c(OP(=O)([O-])[O-])c1)[C@@H](C3)C2.[Na+].[Na+]. The van der Waals surface area contributed by atoms with Crippen LogP contribution in [0, 0.1) is 17.8 Å². The summed E-state index contributed by atoms with van der Waals surface area (Å²) in [5.41, 5.74) is -0.352. The Hall–Kier alpha value is 1.30. The average Bonchev–Trinajstić information content (AvgIpc) is 2.62. The molecule has 4 aliphatic carbocycles. The van der Waals surface area contributed by atoms with Crippen LogP contribution in [-0.4, -0.2) is 25.4 Å². The largest absolute Gasteiger partial charge is 1.00 e. The van der Waals surface area contributed by atoms with Crippen molar-refractivity contribution in [3.8, 4) is 5.75 Å². The van der Waals surface area contributed by atoms with Gasteiger partial charge in [-0.15, -0.1) is 0 Å². The Morgan fingerprint density at radius 2 is 1.71 bits per heavy atom. The number of halogens is 1. The van der Waals surface area contributed by atoms with Crippen LogP contribution in [0.25, 0.3) is 0 Å². The fraction of sp³-hybridized carbons (Fsp3) is 0.684. The number of benzene rings is 1. The molecule has 4 unspecified atom stereocenters. The summed E-state index contributed by atoms with van der Waals surface area (Å²) in [7, 11) is -1.97. The van der Waals surface area contributed by atoms with Gasteiger partial charge in [0.25, 0.3) is 5.79 Å². The van der Waals surface area contributed by atoms with Crippen molar-refractivity contribution in [3.05, 3.63) is 28.8 Å². The number of hydrogen-bond acceptors (Lipinski definition) is 8. The van der Waals surface area contributed by atoms with E-state index in [1.807, 2.05) is 0 Å². The normalized spacial score (nSPS) is 40.1. The summed E-state index contributed by atoms with van der Waals surface area (Å²) >= 11 is 6.04. The molecule has 1 aromatic carbocycles. The Labute approximate surface area is 230 Å². The van der Waals surface area contributed by atoms with Crippen LogP contribution >= 0.6 is 19.4 Å². The molecule has 0 radical (unpaired) electrons. The maximum Gasteiger partial charge on any atom is 1.00 e. The molecule has 1 heterocycles. The molecule has 0 N–H and O–H groups in total. The van der Waals surface area contributed by atoms with Crippen molar-refractivity contribution < 1.29 is 97.2 Å². The van der Waals surface area contributed by atoms with Crippen molar-refractivity contribution in [1.29, 1.82) is 0 Å². The van der Waals surface area contributed by atoms with E-state index in [0.717, 1.165) is 32.1 Å². The summed E-state index contributed by atoms with van der Waals surface area (Å²) in [5.74, 6) is -0.604. The van der Waals surface area contributed by atoms with Crippen LogP contribution in [0.5, 0.6) is 5.75 Å². The van der Waals surface area contributed by atoms with Crippen molar-refractivity contribution in [2.45, 2.75) is 49.1 Å².